The number of para-hydroxylation sites is 2. The molecular weight excluding hydrogens is 276 g/mol. The van der Waals surface area contributed by atoms with Gasteiger partial charge in [-0.1, -0.05) is 19.1 Å². The predicted octanol–water partition coefficient (Wildman–Crippen LogP) is 1.85. The maximum absolute atomic E-state index is 12.5. The molecule has 6 heteroatoms. The van der Waals surface area contributed by atoms with Crippen LogP contribution in [0.2, 0.25) is 0 Å². The van der Waals surface area contributed by atoms with Crippen LogP contribution < -0.4 is 14.4 Å². The van der Waals surface area contributed by atoms with E-state index in [0.717, 1.165) is 13.0 Å². The second-order valence-corrected chi connectivity index (χ2v) is 7.08. The summed E-state index contributed by atoms with van der Waals surface area (Å²) in [4.78, 5) is 0. The Balaban J connectivity index is 2.91. The summed E-state index contributed by atoms with van der Waals surface area (Å²) < 4.78 is 31.6. The van der Waals surface area contributed by atoms with Crippen molar-refractivity contribution in [3.8, 4) is 5.75 Å². The number of benzene rings is 1. The van der Waals surface area contributed by atoms with Crippen LogP contribution in [-0.2, 0) is 10.0 Å². The van der Waals surface area contributed by atoms with Crippen molar-refractivity contribution in [1.29, 1.82) is 0 Å². The Morgan fingerprint density at radius 3 is 2.60 bits per heavy atom. The van der Waals surface area contributed by atoms with E-state index in [1.807, 2.05) is 13.0 Å². The molecule has 0 saturated carbocycles. The average Bonchev–Trinajstić information content (AvgIpc) is 2.46. The molecule has 0 heterocycles. The lowest BCUT2D eigenvalue weighted by atomic mass is 10.3. The maximum Gasteiger partial charge on any atom is 0.238 e. The fourth-order valence-electron chi connectivity index (χ4n) is 1.88. The summed E-state index contributed by atoms with van der Waals surface area (Å²) in [6.07, 6.45) is 0.981. The Morgan fingerprint density at radius 2 is 2.00 bits per heavy atom. The Bertz CT molecular complexity index is 517. The zero-order valence-corrected chi connectivity index (χ0v) is 13.4. The van der Waals surface area contributed by atoms with Gasteiger partial charge in [-0.15, -0.1) is 0 Å². The second-order valence-electron chi connectivity index (χ2n) is 4.70. The number of hydrogen-bond acceptors (Lipinski definition) is 4. The Kier molecular flexibility index (Phi) is 6.29. The highest BCUT2D eigenvalue weighted by Crippen LogP contribution is 2.29. The van der Waals surface area contributed by atoms with Crippen LogP contribution in [0.1, 0.15) is 20.3 Å². The number of nitrogens with zero attached hydrogens (tertiary/aromatic N) is 1. The molecule has 1 rings (SSSR count). The van der Waals surface area contributed by atoms with Gasteiger partial charge in [-0.2, -0.15) is 0 Å². The van der Waals surface area contributed by atoms with E-state index in [4.69, 9.17) is 4.74 Å². The first-order valence-corrected chi connectivity index (χ1v) is 8.27. The summed E-state index contributed by atoms with van der Waals surface area (Å²) in [6.45, 7) is 5.02. The lowest BCUT2D eigenvalue weighted by Crippen LogP contribution is -2.40. The van der Waals surface area contributed by atoms with Crippen LogP contribution in [0, 0.1) is 0 Å². The number of anilines is 1. The molecule has 0 aliphatic heterocycles. The lowest BCUT2D eigenvalue weighted by Gasteiger charge is -2.25. The summed E-state index contributed by atoms with van der Waals surface area (Å²) in [5.74, 6) is 0.548. The zero-order valence-electron chi connectivity index (χ0n) is 12.6. The van der Waals surface area contributed by atoms with Gasteiger partial charge in [0.25, 0.3) is 0 Å². The Morgan fingerprint density at radius 1 is 1.35 bits per heavy atom. The molecule has 0 aliphatic rings. The molecule has 1 atom stereocenters. The molecule has 5 nitrogen and oxygen atoms in total. The highest BCUT2D eigenvalue weighted by atomic mass is 32.2. The van der Waals surface area contributed by atoms with E-state index >= 15 is 0 Å². The van der Waals surface area contributed by atoms with Crippen molar-refractivity contribution >= 4 is 15.7 Å². The van der Waals surface area contributed by atoms with E-state index in [1.54, 1.807) is 32.2 Å². The fourth-order valence-corrected chi connectivity index (χ4v) is 3.18. The summed E-state index contributed by atoms with van der Waals surface area (Å²) in [5.41, 5.74) is 0.553. The summed E-state index contributed by atoms with van der Waals surface area (Å²) >= 11 is 0. The van der Waals surface area contributed by atoms with Crippen LogP contribution in [0.3, 0.4) is 0 Å². The van der Waals surface area contributed by atoms with Gasteiger partial charge in [0, 0.05) is 13.6 Å². The molecule has 20 heavy (non-hydrogen) atoms. The molecule has 0 radical (unpaired) electrons. The largest absolute Gasteiger partial charge is 0.495 e. The van der Waals surface area contributed by atoms with Gasteiger partial charge in [0.1, 0.15) is 5.75 Å². The first-order valence-electron chi connectivity index (χ1n) is 6.76. The van der Waals surface area contributed by atoms with Gasteiger partial charge in [-0.25, -0.2) is 8.42 Å². The normalized spacial score (nSPS) is 13.0. The molecule has 1 N–H and O–H groups in total. The molecule has 1 aromatic rings. The molecule has 114 valence electrons. The van der Waals surface area contributed by atoms with Gasteiger partial charge in [-0.05, 0) is 32.0 Å². The summed E-state index contributed by atoms with van der Waals surface area (Å²) in [5, 5.41) is 2.64. The van der Waals surface area contributed by atoms with E-state index < -0.39 is 15.3 Å². The quantitative estimate of drug-likeness (QED) is 0.744. The van der Waals surface area contributed by atoms with Crippen LogP contribution in [0.25, 0.3) is 0 Å². The third kappa shape index (κ3) is 3.86. The fraction of sp³-hybridized carbons (Fsp3) is 0.571. The van der Waals surface area contributed by atoms with Crippen molar-refractivity contribution in [3.05, 3.63) is 24.3 Å². The number of sulfonamides is 1. The number of hydrogen-bond donors (Lipinski definition) is 1. The van der Waals surface area contributed by atoms with Gasteiger partial charge >= 0.3 is 0 Å². The minimum atomic E-state index is -3.41. The predicted molar refractivity (Wildman–Crippen MR) is 82.9 cm³/mol. The molecule has 1 unspecified atom stereocenters. The van der Waals surface area contributed by atoms with Gasteiger partial charge in [0.2, 0.25) is 10.0 Å². The number of methoxy groups -OCH3 is 1. The molecule has 0 fully saturated rings. The van der Waals surface area contributed by atoms with Crippen LogP contribution in [0.5, 0.6) is 5.75 Å². The van der Waals surface area contributed by atoms with Crippen molar-refractivity contribution in [2.75, 3.05) is 31.6 Å². The molecule has 0 amide bonds. The summed E-state index contributed by atoms with van der Waals surface area (Å²) in [6, 6.07) is 7.10. The second kappa shape index (κ2) is 7.50. The van der Waals surface area contributed by atoms with Crippen molar-refractivity contribution in [1.82, 2.24) is 5.32 Å². The molecule has 0 aromatic heterocycles. The summed E-state index contributed by atoms with van der Waals surface area (Å²) in [7, 11) is -0.322. The van der Waals surface area contributed by atoms with E-state index in [1.165, 1.54) is 11.4 Å². The van der Waals surface area contributed by atoms with Crippen LogP contribution >= 0.6 is 0 Å². The molecule has 0 spiro atoms. The van der Waals surface area contributed by atoms with E-state index in [-0.39, 0.29) is 0 Å². The SMILES string of the molecule is CCCNCC(C)S(=O)(=O)N(C)c1ccccc1OC. The highest BCUT2D eigenvalue weighted by Gasteiger charge is 2.27. The number of ether oxygens (including phenoxy) is 1. The topological polar surface area (TPSA) is 58.6 Å². The highest BCUT2D eigenvalue weighted by molar-refractivity contribution is 7.93. The molecule has 0 aliphatic carbocycles. The van der Waals surface area contributed by atoms with E-state index in [2.05, 4.69) is 5.32 Å². The molecular formula is C14H24N2O3S. The van der Waals surface area contributed by atoms with Crippen LogP contribution in [-0.4, -0.2) is 40.9 Å². The lowest BCUT2D eigenvalue weighted by molar-refractivity contribution is 0.415. The zero-order chi connectivity index (χ0) is 15.2. The third-order valence-electron chi connectivity index (χ3n) is 3.17. The smallest absolute Gasteiger partial charge is 0.238 e. The van der Waals surface area contributed by atoms with Gasteiger partial charge in [-0.3, -0.25) is 4.31 Å². The van der Waals surface area contributed by atoms with Crippen LogP contribution in [0.15, 0.2) is 24.3 Å². The monoisotopic (exact) mass is 300 g/mol. The molecule has 1 aromatic carbocycles. The first-order chi connectivity index (χ1) is 9.45. The Labute approximate surface area is 122 Å². The van der Waals surface area contributed by atoms with Crippen LogP contribution in [0.4, 0.5) is 5.69 Å². The van der Waals surface area contributed by atoms with Crippen molar-refractivity contribution in [2.24, 2.45) is 0 Å². The number of rotatable bonds is 8. The third-order valence-corrected chi connectivity index (χ3v) is 5.32. The molecule has 0 saturated heterocycles. The van der Waals surface area contributed by atoms with Crippen molar-refractivity contribution in [2.45, 2.75) is 25.5 Å². The van der Waals surface area contributed by atoms with E-state index in [0.29, 0.717) is 18.0 Å². The minimum Gasteiger partial charge on any atom is -0.495 e. The number of nitrogens with one attached hydrogen (secondary N) is 1. The first kappa shape index (κ1) is 16.8. The van der Waals surface area contributed by atoms with E-state index in [9.17, 15) is 8.42 Å². The Hall–Kier alpha value is -1.27. The standard InChI is InChI=1S/C14H24N2O3S/c1-5-10-15-11-12(2)20(17,18)16(3)13-8-6-7-9-14(13)19-4/h6-9,12,15H,5,10-11H2,1-4H3. The average molecular weight is 300 g/mol. The van der Waals surface area contributed by atoms with Crippen molar-refractivity contribution in [3.63, 3.8) is 0 Å². The van der Waals surface area contributed by atoms with Gasteiger partial charge in [0.05, 0.1) is 18.0 Å². The molecule has 0 bridgehead atoms. The minimum absolute atomic E-state index is 0.440. The maximum atomic E-state index is 12.5. The van der Waals surface area contributed by atoms with Crippen molar-refractivity contribution < 1.29 is 13.2 Å². The van der Waals surface area contributed by atoms with Gasteiger partial charge < -0.3 is 10.1 Å². The van der Waals surface area contributed by atoms with Gasteiger partial charge in [0.15, 0.2) is 0 Å².